The smallest absolute Gasteiger partial charge is 0.163 e. The average molecular weight is 230 g/mol. The van der Waals surface area contributed by atoms with Gasteiger partial charge in [0.1, 0.15) is 0 Å². The minimum absolute atomic E-state index is 0. The summed E-state index contributed by atoms with van der Waals surface area (Å²) in [5.41, 5.74) is 0.234. The van der Waals surface area contributed by atoms with Crippen LogP contribution in [0.2, 0.25) is 0 Å². The molecule has 1 saturated heterocycles. The largest absolute Gasteiger partial charge is 0.344 e. The summed E-state index contributed by atoms with van der Waals surface area (Å²) >= 11 is 0. The summed E-state index contributed by atoms with van der Waals surface area (Å²) in [5.74, 6) is -0.449. The van der Waals surface area contributed by atoms with E-state index in [0.29, 0.717) is 0 Å². The first-order chi connectivity index (χ1) is 6.43. The third kappa shape index (κ3) is 3.46. The summed E-state index contributed by atoms with van der Waals surface area (Å²) in [6.45, 7) is 17.3. The van der Waals surface area contributed by atoms with Crippen molar-refractivity contribution in [2.24, 2.45) is 10.8 Å². The Labute approximate surface area is 102 Å². The van der Waals surface area contributed by atoms with Gasteiger partial charge in [0.15, 0.2) is 5.79 Å². The molecule has 0 bridgehead atoms. The Balaban J connectivity index is 0.00000225. The van der Waals surface area contributed by atoms with Crippen molar-refractivity contribution >= 4 is 0 Å². The Hall–Kier alpha value is -0.0800. The molecule has 98 valence electrons. The molecule has 0 N–H and O–H groups in total. The number of rotatable bonds is 0. The van der Waals surface area contributed by atoms with Crippen molar-refractivity contribution in [2.75, 3.05) is 0 Å². The predicted octanol–water partition coefficient (Wildman–Crippen LogP) is 4.23. The predicted molar refractivity (Wildman–Crippen MR) is 69.5 cm³/mol. The molecule has 0 aromatic carbocycles. The molecule has 1 aliphatic heterocycles. The van der Waals surface area contributed by atoms with Crippen molar-refractivity contribution in [3.63, 3.8) is 0 Å². The summed E-state index contributed by atoms with van der Waals surface area (Å²) < 4.78 is 12.1. The van der Waals surface area contributed by atoms with Crippen LogP contribution in [-0.2, 0) is 9.47 Å². The Morgan fingerprint density at radius 1 is 0.750 bits per heavy atom. The van der Waals surface area contributed by atoms with Crippen LogP contribution in [0.1, 0.15) is 62.8 Å². The Kier molecular flexibility index (Phi) is 4.28. The maximum Gasteiger partial charge on any atom is 0.163 e. The fraction of sp³-hybridized carbons (Fsp3) is 1.00. The van der Waals surface area contributed by atoms with Gasteiger partial charge in [-0.3, -0.25) is 0 Å². The van der Waals surface area contributed by atoms with Gasteiger partial charge in [0.25, 0.3) is 0 Å². The second-order valence-corrected chi connectivity index (χ2v) is 7.21. The van der Waals surface area contributed by atoms with Crippen molar-refractivity contribution < 1.29 is 9.47 Å². The van der Waals surface area contributed by atoms with E-state index in [-0.39, 0.29) is 30.5 Å². The number of ether oxygens (including phenoxy) is 2. The molecule has 0 amide bonds. The van der Waals surface area contributed by atoms with Crippen LogP contribution in [0.3, 0.4) is 0 Å². The van der Waals surface area contributed by atoms with Gasteiger partial charge in [-0.15, -0.1) is 0 Å². The van der Waals surface area contributed by atoms with Crippen molar-refractivity contribution in [2.45, 2.75) is 80.8 Å². The van der Waals surface area contributed by atoms with Gasteiger partial charge in [-0.25, -0.2) is 0 Å². The summed E-state index contributed by atoms with van der Waals surface area (Å²) in [4.78, 5) is 0. The van der Waals surface area contributed by atoms with Crippen molar-refractivity contribution in [1.29, 1.82) is 0 Å². The molecule has 1 rings (SSSR count). The highest BCUT2D eigenvalue weighted by Gasteiger charge is 2.50. The molecule has 0 spiro atoms. The normalized spacial score (nSPS) is 30.0. The van der Waals surface area contributed by atoms with Crippen LogP contribution in [0.4, 0.5) is 0 Å². The van der Waals surface area contributed by atoms with E-state index >= 15 is 0 Å². The molecule has 2 heteroatoms. The van der Waals surface area contributed by atoms with Gasteiger partial charge in [-0.2, -0.15) is 0 Å². The van der Waals surface area contributed by atoms with Gasteiger partial charge < -0.3 is 9.47 Å². The topological polar surface area (TPSA) is 18.5 Å². The molecule has 0 radical (unpaired) electrons. The maximum absolute atomic E-state index is 6.03. The fourth-order valence-electron chi connectivity index (χ4n) is 2.02. The third-order valence-corrected chi connectivity index (χ3v) is 2.80. The lowest BCUT2D eigenvalue weighted by Crippen LogP contribution is -2.42. The molecule has 0 aromatic heterocycles. The van der Waals surface area contributed by atoms with Crippen LogP contribution in [0.15, 0.2) is 0 Å². The highest BCUT2D eigenvalue weighted by atomic mass is 16.8. The number of hydrogen-bond donors (Lipinski definition) is 0. The van der Waals surface area contributed by atoms with Crippen molar-refractivity contribution in [1.82, 2.24) is 0 Å². The first kappa shape index (κ1) is 15.9. The molecule has 1 aliphatic rings. The SMILES string of the molecule is C.CC1(C)OC(C(C)(C)C)C(C(C)(C)C)O1. The van der Waals surface area contributed by atoms with E-state index in [0.717, 1.165) is 0 Å². The lowest BCUT2D eigenvalue weighted by Gasteiger charge is -2.36. The Bertz CT molecular complexity index is 206. The van der Waals surface area contributed by atoms with Gasteiger partial charge in [0, 0.05) is 0 Å². The quantitative estimate of drug-likeness (QED) is 0.620. The van der Waals surface area contributed by atoms with Gasteiger partial charge in [-0.1, -0.05) is 49.0 Å². The zero-order valence-electron chi connectivity index (χ0n) is 11.5. The second kappa shape index (κ2) is 4.30. The molecular formula is C14H30O2. The fourth-order valence-corrected chi connectivity index (χ4v) is 2.02. The highest BCUT2D eigenvalue weighted by molar-refractivity contribution is 4.94. The standard InChI is InChI=1S/C13H26O2.CH4/c1-11(2,3)9-10(12(4,5)6)15-13(7,8)14-9;/h9-10H,1-8H3;1H4. The molecule has 2 atom stereocenters. The van der Waals surface area contributed by atoms with Crippen LogP contribution >= 0.6 is 0 Å². The minimum atomic E-state index is -0.449. The van der Waals surface area contributed by atoms with Crippen LogP contribution in [0.25, 0.3) is 0 Å². The molecule has 0 aliphatic carbocycles. The molecular weight excluding hydrogens is 200 g/mol. The van der Waals surface area contributed by atoms with Crippen LogP contribution in [0.5, 0.6) is 0 Å². The van der Waals surface area contributed by atoms with E-state index in [4.69, 9.17) is 9.47 Å². The summed E-state index contributed by atoms with van der Waals surface area (Å²) in [6, 6.07) is 0. The lowest BCUT2D eigenvalue weighted by molar-refractivity contribution is -0.159. The lowest BCUT2D eigenvalue weighted by atomic mass is 9.76. The molecule has 2 unspecified atom stereocenters. The van der Waals surface area contributed by atoms with Gasteiger partial charge in [0.05, 0.1) is 12.2 Å². The second-order valence-electron chi connectivity index (χ2n) is 7.21. The summed E-state index contributed by atoms with van der Waals surface area (Å²) in [6.07, 6.45) is 0.319. The van der Waals surface area contributed by atoms with E-state index in [1.807, 2.05) is 13.8 Å². The Morgan fingerprint density at radius 2 is 1.00 bits per heavy atom. The summed E-state index contributed by atoms with van der Waals surface area (Å²) in [5, 5.41) is 0. The highest BCUT2D eigenvalue weighted by Crippen LogP contribution is 2.44. The molecule has 1 fully saturated rings. The van der Waals surface area contributed by atoms with Crippen LogP contribution in [0, 0.1) is 10.8 Å². The van der Waals surface area contributed by atoms with E-state index in [9.17, 15) is 0 Å². The zero-order chi connectivity index (χ0) is 12.1. The molecule has 1 heterocycles. The van der Waals surface area contributed by atoms with Gasteiger partial charge in [0.2, 0.25) is 0 Å². The minimum Gasteiger partial charge on any atom is -0.344 e. The molecule has 16 heavy (non-hydrogen) atoms. The van der Waals surface area contributed by atoms with Crippen LogP contribution in [-0.4, -0.2) is 18.0 Å². The van der Waals surface area contributed by atoms with Gasteiger partial charge in [-0.05, 0) is 24.7 Å². The first-order valence-electron chi connectivity index (χ1n) is 5.79. The summed E-state index contributed by atoms with van der Waals surface area (Å²) in [7, 11) is 0. The van der Waals surface area contributed by atoms with Crippen molar-refractivity contribution in [3.8, 4) is 0 Å². The van der Waals surface area contributed by atoms with E-state index in [1.165, 1.54) is 0 Å². The van der Waals surface area contributed by atoms with E-state index in [2.05, 4.69) is 41.5 Å². The molecule has 0 aromatic rings. The Morgan fingerprint density at radius 3 is 1.19 bits per heavy atom. The van der Waals surface area contributed by atoms with Crippen molar-refractivity contribution in [3.05, 3.63) is 0 Å². The maximum atomic E-state index is 6.03. The third-order valence-electron chi connectivity index (χ3n) is 2.80. The monoisotopic (exact) mass is 230 g/mol. The zero-order valence-corrected chi connectivity index (χ0v) is 11.5. The molecule has 0 saturated carbocycles. The average Bonchev–Trinajstić information content (AvgIpc) is 2.23. The van der Waals surface area contributed by atoms with E-state index in [1.54, 1.807) is 0 Å². The van der Waals surface area contributed by atoms with E-state index < -0.39 is 5.79 Å². The first-order valence-corrected chi connectivity index (χ1v) is 5.79. The number of hydrogen-bond acceptors (Lipinski definition) is 2. The van der Waals surface area contributed by atoms with Gasteiger partial charge >= 0.3 is 0 Å². The van der Waals surface area contributed by atoms with Crippen LogP contribution < -0.4 is 0 Å². The molecule has 2 nitrogen and oxygen atoms in total.